The molecule has 0 aliphatic rings. The van der Waals surface area contributed by atoms with Crippen LogP contribution in [0, 0.1) is 18.6 Å². The van der Waals surface area contributed by atoms with Crippen LogP contribution in [0.5, 0.6) is 0 Å². The number of nitrogens with zero attached hydrogens (tertiary/aromatic N) is 4. The van der Waals surface area contributed by atoms with Crippen molar-refractivity contribution in [2.45, 2.75) is 33.1 Å². The van der Waals surface area contributed by atoms with Crippen LogP contribution in [0.1, 0.15) is 42.6 Å². The van der Waals surface area contributed by atoms with Crippen LogP contribution >= 0.6 is 0 Å². The Kier molecular flexibility index (Phi) is 5.87. The average molecular weight is 463 g/mol. The van der Waals surface area contributed by atoms with Gasteiger partial charge in [-0.05, 0) is 43.3 Å². The van der Waals surface area contributed by atoms with Crippen LogP contribution in [0.15, 0.2) is 65.5 Å². The highest BCUT2D eigenvalue weighted by atomic mass is 19.1. The third-order valence-corrected chi connectivity index (χ3v) is 5.19. The topological polar surface area (TPSA) is 81.8 Å². The minimum absolute atomic E-state index is 0.112. The van der Waals surface area contributed by atoms with Crippen LogP contribution in [-0.4, -0.2) is 25.5 Å². The highest BCUT2D eigenvalue weighted by molar-refractivity contribution is 6.02. The molecule has 2 aromatic carbocycles. The molecule has 9 heteroatoms. The van der Waals surface area contributed by atoms with Crippen LogP contribution in [0.25, 0.3) is 11.4 Å². The van der Waals surface area contributed by atoms with Gasteiger partial charge in [0.2, 0.25) is 5.43 Å². The van der Waals surface area contributed by atoms with Crippen molar-refractivity contribution >= 4 is 11.7 Å². The normalized spacial score (nSPS) is 11.5. The summed E-state index contributed by atoms with van der Waals surface area (Å²) in [4.78, 5) is 25.7. The van der Waals surface area contributed by atoms with Gasteiger partial charge < -0.3 is 5.32 Å². The largest absolute Gasteiger partial charge is 0.305 e. The summed E-state index contributed by atoms with van der Waals surface area (Å²) in [6, 6.07) is 14.5. The van der Waals surface area contributed by atoms with Crippen LogP contribution in [0.4, 0.5) is 14.6 Å². The molecule has 1 N–H and O–H groups in total. The van der Waals surface area contributed by atoms with Crippen molar-refractivity contribution in [3.63, 3.8) is 0 Å². The van der Waals surface area contributed by atoms with Gasteiger partial charge in [-0.25, -0.2) is 18.1 Å². The lowest BCUT2D eigenvalue weighted by Gasteiger charge is -2.14. The average Bonchev–Trinajstić information content (AvgIpc) is 3.19. The number of carbonyl (C=O) groups is 1. The van der Waals surface area contributed by atoms with Crippen molar-refractivity contribution in [3.8, 4) is 11.4 Å². The molecular formula is C25H23F2N5O2. The third kappa shape index (κ3) is 4.50. The van der Waals surface area contributed by atoms with E-state index in [2.05, 4.69) is 15.5 Å². The van der Waals surface area contributed by atoms with Gasteiger partial charge in [0, 0.05) is 23.2 Å². The number of aromatic nitrogens is 4. The van der Waals surface area contributed by atoms with Crippen molar-refractivity contribution in [3.05, 3.63) is 99.6 Å². The Morgan fingerprint density at radius 3 is 2.26 bits per heavy atom. The number of carbonyl (C=O) groups excluding carboxylic acids is 1. The molecule has 0 saturated carbocycles. The molecule has 0 radical (unpaired) electrons. The van der Waals surface area contributed by atoms with E-state index < -0.39 is 28.7 Å². The molecule has 0 aliphatic carbocycles. The second-order valence-corrected chi connectivity index (χ2v) is 8.87. The van der Waals surface area contributed by atoms with E-state index >= 15 is 0 Å². The van der Waals surface area contributed by atoms with E-state index in [0.29, 0.717) is 17.1 Å². The predicted molar refractivity (Wildman–Crippen MR) is 125 cm³/mol. The Hall–Kier alpha value is -4.14. The van der Waals surface area contributed by atoms with Gasteiger partial charge in [-0.15, -0.1) is 0 Å². The smallest absolute Gasteiger partial charge is 0.281 e. The number of amides is 1. The molecular weight excluding hydrogens is 440 g/mol. The van der Waals surface area contributed by atoms with Gasteiger partial charge in [-0.1, -0.05) is 32.9 Å². The van der Waals surface area contributed by atoms with E-state index in [9.17, 15) is 18.4 Å². The van der Waals surface area contributed by atoms with Crippen LogP contribution in [0.3, 0.4) is 0 Å². The Morgan fingerprint density at radius 1 is 0.941 bits per heavy atom. The first-order valence-corrected chi connectivity index (χ1v) is 10.6. The number of anilines is 1. The molecule has 0 saturated heterocycles. The quantitative estimate of drug-likeness (QED) is 0.481. The fraction of sp³-hybridized carbons (Fsp3) is 0.200. The number of halogens is 2. The van der Waals surface area contributed by atoms with E-state index in [1.54, 1.807) is 19.1 Å². The highest BCUT2D eigenvalue weighted by Crippen LogP contribution is 2.26. The molecule has 4 rings (SSSR count). The van der Waals surface area contributed by atoms with Crippen LogP contribution in [0.2, 0.25) is 0 Å². The molecule has 0 spiro atoms. The fourth-order valence-corrected chi connectivity index (χ4v) is 3.36. The first kappa shape index (κ1) is 23.0. The van der Waals surface area contributed by atoms with Gasteiger partial charge in [-0.3, -0.25) is 9.59 Å². The molecule has 1 amide bonds. The maximum atomic E-state index is 14.3. The Labute approximate surface area is 194 Å². The molecule has 2 aromatic heterocycles. The summed E-state index contributed by atoms with van der Waals surface area (Å²) in [7, 11) is 0. The summed E-state index contributed by atoms with van der Waals surface area (Å²) in [6.45, 7) is 7.49. The van der Waals surface area contributed by atoms with Crippen LogP contribution < -0.4 is 10.7 Å². The lowest BCUT2D eigenvalue weighted by Crippen LogP contribution is -2.27. The molecule has 34 heavy (non-hydrogen) atoms. The minimum atomic E-state index is -0.779. The minimum Gasteiger partial charge on any atom is -0.305 e. The number of rotatable bonds is 4. The number of hydrogen-bond donors (Lipinski definition) is 1. The number of benzene rings is 2. The van der Waals surface area contributed by atoms with E-state index in [-0.39, 0.29) is 16.9 Å². The summed E-state index contributed by atoms with van der Waals surface area (Å²) in [5, 5.41) is 11.4. The zero-order valence-corrected chi connectivity index (χ0v) is 19.1. The van der Waals surface area contributed by atoms with Crippen molar-refractivity contribution < 1.29 is 13.6 Å². The first-order chi connectivity index (χ1) is 16.0. The molecule has 0 aliphatic heterocycles. The Morgan fingerprint density at radius 2 is 1.62 bits per heavy atom. The van der Waals surface area contributed by atoms with Gasteiger partial charge in [0.25, 0.3) is 5.91 Å². The SMILES string of the molecule is Cc1cc(=O)c(C(=O)Nc2cc(C(C)(C)C)nn2-c2ccc(F)cc2)nn1-c1ccccc1F. The number of nitrogens with one attached hydrogen (secondary N) is 1. The Bertz CT molecular complexity index is 1430. The summed E-state index contributed by atoms with van der Waals surface area (Å²) in [5.74, 6) is -1.45. The second-order valence-electron chi connectivity index (χ2n) is 8.87. The highest BCUT2D eigenvalue weighted by Gasteiger charge is 2.23. The number of para-hydroxylation sites is 1. The van der Waals surface area contributed by atoms with E-state index in [1.165, 1.54) is 57.9 Å². The van der Waals surface area contributed by atoms with Gasteiger partial charge in [-0.2, -0.15) is 10.2 Å². The van der Waals surface area contributed by atoms with Gasteiger partial charge in [0.1, 0.15) is 23.1 Å². The van der Waals surface area contributed by atoms with Gasteiger partial charge in [0.05, 0.1) is 11.4 Å². The molecule has 0 bridgehead atoms. The summed E-state index contributed by atoms with van der Waals surface area (Å²) < 4.78 is 30.5. The predicted octanol–water partition coefficient (Wildman–Crippen LogP) is 4.55. The van der Waals surface area contributed by atoms with Crippen molar-refractivity contribution in [1.82, 2.24) is 19.6 Å². The maximum Gasteiger partial charge on any atom is 0.281 e. The number of aryl methyl sites for hydroxylation is 1. The van der Waals surface area contributed by atoms with E-state index in [4.69, 9.17) is 0 Å². The standard InChI is InChI=1S/C25H23F2N5O2/c1-15-13-20(33)23(30-31(15)19-8-6-5-7-18(19)27)24(34)28-22-14-21(25(2,3)4)29-32(22)17-11-9-16(26)10-12-17/h5-14H,1-4H3,(H,28,34). The molecule has 0 atom stereocenters. The summed E-state index contributed by atoms with van der Waals surface area (Å²) in [5.41, 5.74) is 0.327. The maximum absolute atomic E-state index is 14.3. The van der Waals surface area contributed by atoms with Gasteiger partial charge >= 0.3 is 0 Å². The molecule has 174 valence electrons. The fourth-order valence-electron chi connectivity index (χ4n) is 3.36. The molecule has 7 nitrogen and oxygen atoms in total. The third-order valence-electron chi connectivity index (χ3n) is 5.19. The summed E-state index contributed by atoms with van der Waals surface area (Å²) in [6.07, 6.45) is 0. The zero-order chi connectivity index (χ0) is 24.6. The van der Waals surface area contributed by atoms with Crippen molar-refractivity contribution in [2.24, 2.45) is 0 Å². The molecule has 4 aromatic rings. The van der Waals surface area contributed by atoms with E-state index in [1.807, 2.05) is 20.8 Å². The monoisotopic (exact) mass is 463 g/mol. The molecule has 0 fully saturated rings. The lowest BCUT2D eigenvalue weighted by molar-refractivity contribution is 0.101. The van der Waals surface area contributed by atoms with Gasteiger partial charge in [0.15, 0.2) is 5.69 Å². The van der Waals surface area contributed by atoms with Crippen molar-refractivity contribution in [1.29, 1.82) is 0 Å². The second kappa shape index (κ2) is 8.66. The number of hydrogen-bond acceptors (Lipinski definition) is 4. The van der Waals surface area contributed by atoms with E-state index in [0.717, 1.165) is 0 Å². The zero-order valence-electron chi connectivity index (χ0n) is 19.1. The Balaban J connectivity index is 1.77. The summed E-state index contributed by atoms with van der Waals surface area (Å²) >= 11 is 0. The first-order valence-electron chi connectivity index (χ1n) is 10.6. The molecule has 2 heterocycles. The lowest BCUT2D eigenvalue weighted by atomic mass is 9.92. The van der Waals surface area contributed by atoms with Crippen LogP contribution in [-0.2, 0) is 5.41 Å². The van der Waals surface area contributed by atoms with Crippen molar-refractivity contribution in [2.75, 3.05) is 5.32 Å². The molecule has 0 unspecified atom stereocenters.